The van der Waals surface area contributed by atoms with Crippen LogP contribution in [0.5, 0.6) is 0 Å². The summed E-state index contributed by atoms with van der Waals surface area (Å²) in [6.45, 7) is 5.92. The normalized spacial score (nSPS) is 10.2. The molecular weight excluding hydrogens is 308 g/mol. The second-order valence-electron chi connectivity index (χ2n) is 5.17. The fourth-order valence-electron chi connectivity index (χ4n) is 2.10. The molecule has 7 nitrogen and oxygen atoms in total. The van der Waals surface area contributed by atoms with E-state index in [0.717, 1.165) is 5.56 Å². The van der Waals surface area contributed by atoms with Gasteiger partial charge in [0, 0.05) is 32.0 Å². The summed E-state index contributed by atoms with van der Waals surface area (Å²) in [7, 11) is 0. The van der Waals surface area contributed by atoms with Crippen LogP contribution in [0.15, 0.2) is 47.5 Å². The molecule has 0 saturated heterocycles. The third kappa shape index (κ3) is 5.05. The maximum Gasteiger partial charge on any atom is 0.246 e. The third-order valence-corrected chi connectivity index (χ3v) is 3.24. The Bertz CT molecular complexity index is 697. The van der Waals surface area contributed by atoms with Crippen molar-refractivity contribution in [3.05, 3.63) is 48.9 Å². The minimum absolute atomic E-state index is 0.122. The fourth-order valence-corrected chi connectivity index (χ4v) is 2.10. The van der Waals surface area contributed by atoms with Crippen LogP contribution in [0.1, 0.15) is 19.2 Å². The van der Waals surface area contributed by atoms with E-state index in [1.165, 1.54) is 6.92 Å². The molecule has 0 aliphatic carbocycles. The third-order valence-electron chi connectivity index (χ3n) is 3.24. The van der Waals surface area contributed by atoms with Crippen LogP contribution in [0.4, 0.5) is 0 Å². The van der Waals surface area contributed by atoms with Crippen LogP contribution in [-0.4, -0.2) is 39.9 Å². The highest BCUT2D eigenvalue weighted by atomic mass is 16.5. The van der Waals surface area contributed by atoms with Crippen molar-refractivity contribution in [3.63, 3.8) is 0 Å². The van der Waals surface area contributed by atoms with Crippen molar-refractivity contribution in [2.45, 2.75) is 19.9 Å². The molecule has 0 saturated carbocycles. The Morgan fingerprint density at radius 1 is 1.33 bits per heavy atom. The van der Waals surface area contributed by atoms with E-state index in [-0.39, 0.29) is 24.8 Å². The monoisotopic (exact) mass is 328 g/mol. The first-order chi connectivity index (χ1) is 11.6. The number of amides is 2. The first-order valence-corrected chi connectivity index (χ1v) is 7.61. The first-order valence-electron chi connectivity index (χ1n) is 7.61. The molecule has 0 bridgehead atoms. The van der Waals surface area contributed by atoms with Crippen molar-refractivity contribution < 1.29 is 14.1 Å². The molecular formula is C17H20N4O3. The van der Waals surface area contributed by atoms with Gasteiger partial charge in [0.05, 0.1) is 0 Å². The average Bonchev–Trinajstić information content (AvgIpc) is 3.03. The fraction of sp³-hybridized carbons (Fsp3) is 0.294. The lowest BCUT2D eigenvalue weighted by Crippen LogP contribution is -2.34. The zero-order valence-corrected chi connectivity index (χ0v) is 13.6. The van der Waals surface area contributed by atoms with E-state index in [1.807, 2.05) is 30.3 Å². The van der Waals surface area contributed by atoms with Crippen LogP contribution in [0, 0.1) is 0 Å². The van der Waals surface area contributed by atoms with Gasteiger partial charge in [0.25, 0.3) is 0 Å². The number of nitrogens with zero attached hydrogens (tertiary/aromatic N) is 3. The molecule has 1 heterocycles. The average molecular weight is 328 g/mol. The summed E-state index contributed by atoms with van der Waals surface area (Å²) in [6, 6.07) is 9.45. The molecule has 2 amide bonds. The Kier molecular flexibility index (Phi) is 6.24. The number of hydrogen-bond donors (Lipinski definition) is 1. The molecule has 1 aromatic carbocycles. The van der Waals surface area contributed by atoms with Gasteiger partial charge < -0.3 is 14.7 Å². The largest absolute Gasteiger partial charge is 0.356 e. The molecule has 0 unspecified atom stereocenters. The van der Waals surface area contributed by atoms with Gasteiger partial charge in [0.1, 0.15) is 6.54 Å². The summed E-state index contributed by atoms with van der Waals surface area (Å²) in [6.07, 6.45) is 1.83. The summed E-state index contributed by atoms with van der Waals surface area (Å²) in [5.74, 6) is 0.545. The van der Waals surface area contributed by atoms with Gasteiger partial charge in [-0.1, -0.05) is 41.6 Å². The molecule has 1 aromatic heterocycles. The first kappa shape index (κ1) is 17.4. The molecule has 1 N–H and O–H groups in total. The van der Waals surface area contributed by atoms with Crippen molar-refractivity contribution in [2.24, 2.45) is 0 Å². The number of rotatable bonds is 8. The molecule has 126 valence electrons. The molecule has 24 heavy (non-hydrogen) atoms. The highest BCUT2D eigenvalue weighted by molar-refractivity contribution is 5.78. The zero-order valence-electron chi connectivity index (χ0n) is 13.6. The van der Waals surface area contributed by atoms with Crippen molar-refractivity contribution in [1.29, 1.82) is 0 Å². The van der Waals surface area contributed by atoms with Gasteiger partial charge in [0.2, 0.25) is 23.5 Å². The number of carbonyl (C=O) groups is 2. The van der Waals surface area contributed by atoms with Gasteiger partial charge in [-0.3, -0.25) is 9.59 Å². The highest BCUT2D eigenvalue weighted by Gasteiger charge is 2.17. The van der Waals surface area contributed by atoms with Crippen LogP contribution in [0.3, 0.4) is 0 Å². The maximum atomic E-state index is 12.2. The van der Waals surface area contributed by atoms with Crippen molar-refractivity contribution in [2.75, 3.05) is 13.1 Å². The Labute approximate surface area is 140 Å². The van der Waals surface area contributed by atoms with E-state index in [9.17, 15) is 9.59 Å². The summed E-state index contributed by atoms with van der Waals surface area (Å²) >= 11 is 0. The summed E-state index contributed by atoms with van der Waals surface area (Å²) in [5, 5.41) is 6.54. The van der Waals surface area contributed by atoms with E-state index < -0.39 is 0 Å². The maximum absolute atomic E-state index is 12.2. The molecule has 7 heteroatoms. The number of benzene rings is 1. The highest BCUT2D eigenvalue weighted by Crippen LogP contribution is 2.15. The molecule has 0 radical (unpaired) electrons. The predicted octanol–water partition coefficient (Wildman–Crippen LogP) is 1.78. The Hall–Kier alpha value is -2.96. The minimum atomic E-state index is -0.164. The Morgan fingerprint density at radius 2 is 2.08 bits per heavy atom. The van der Waals surface area contributed by atoms with Crippen LogP contribution in [-0.2, 0) is 16.1 Å². The van der Waals surface area contributed by atoms with Crippen molar-refractivity contribution >= 4 is 11.8 Å². The quantitative estimate of drug-likeness (QED) is 0.746. The van der Waals surface area contributed by atoms with Crippen molar-refractivity contribution in [1.82, 2.24) is 20.4 Å². The molecule has 2 aromatic rings. The number of carbonyl (C=O) groups excluding carboxylic acids is 2. The number of hydrogen-bond acceptors (Lipinski definition) is 5. The Balaban J connectivity index is 2.00. The predicted molar refractivity (Wildman–Crippen MR) is 88.6 cm³/mol. The summed E-state index contributed by atoms with van der Waals surface area (Å²) < 4.78 is 5.23. The zero-order chi connectivity index (χ0) is 17.4. The molecule has 0 spiro atoms. The van der Waals surface area contributed by atoms with Crippen molar-refractivity contribution in [3.8, 4) is 11.4 Å². The van der Waals surface area contributed by atoms with E-state index in [0.29, 0.717) is 24.8 Å². The molecule has 0 aliphatic heterocycles. The van der Waals surface area contributed by atoms with Gasteiger partial charge in [-0.25, -0.2) is 0 Å². The van der Waals surface area contributed by atoms with E-state index in [1.54, 1.807) is 11.0 Å². The standard InChI is InChI=1S/C17H20N4O3/c1-3-11-21(16(23)9-10-18-13(2)22)12-15-19-17(20-24-15)14-7-5-4-6-8-14/h3-8H,1,9-12H2,2H3,(H,18,22). The summed E-state index contributed by atoms with van der Waals surface area (Å²) in [4.78, 5) is 29.0. The second kappa shape index (κ2) is 8.61. The SMILES string of the molecule is C=CCN(Cc1nc(-c2ccccc2)no1)C(=O)CCNC(C)=O. The lowest BCUT2D eigenvalue weighted by molar-refractivity contribution is -0.131. The Morgan fingerprint density at radius 3 is 2.75 bits per heavy atom. The van der Waals surface area contributed by atoms with Gasteiger partial charge in [-0.15, -0.1) is 6.58 Å². The second-order valence-corrected chi connectivity index (χ2v) is 5.17. The van der Waals surface area contributed by atoms with Gasteiger partial charge in [0.15, 0.2) is 0 Å². The lowest BCUT2D eigenvalue weighted by Gasteiger charge is -2.19. The molecule has 0 atom stereocenters. The molecule has 0 fully saturated rings. The summed E-state index contributed by atoms with van der Waals surface area (Å²) in [5.41, 5.74) is 0.847. The molecule has 0 aliphatic rings. The van der Waals surface area contributed by atoms with E-state index in [2.05, 4.69) is 22.0 Å². The number of nitrogens with one attached hydrogen (secondary N) is 1. The lowest BCUT2D eigenvalue weighted by atomic mass is 10.2. The smallest absolute Gasteiger partial charge is 0.246 e. The van der Waals surface area contributed by atoms with E-state index >= 15 is 0 Å². The van der Waals surface area contributed by atoms with Crippen LogP contribution in [0.25, 0.3) is 11.4 Å². The number of aromatic nitrogens is 2. The topological polar surface area (TPSA) is 88.3 Å². The minimum Gasteiger partial charge on any atom is -0.356 e. The van der Waals surface area contributed by atoms with Crippen LogP contribution < -0.4 is 5.32 Å². The van der Waals surface area contributed by atoms with Gasteiger partial charge >= 0.3 is 0 Å². The van der Waals surface area contributed by atoms with Gasteiger partial charge in [-0.05, 0) is 0 Å². The van der Waals surface area contributed by atoms with E-state index in [4.69, 9.17) is 4.52 Å². The molecule has 2 rings (SSSR count). The van der Waals surface area contributed by atoms with Crippen LogP contribution in [0.2, 0.25) is 0 Å². The van der Waals surface area contributed by atoms with Gasteiger partial charge in [-0.2, -0.15) is 4.98 Å². The van der Waals surface area contributed by atoms with Crippen LogP contribution >= 0.6 is 0 Å².